The number of Topliss-reactive ketones (excluding diaryl/α,β-unsaturated/α-hetero) is 1. The van der Waals surface area contributed by atoms with Gasteiger partial charge in [0.2, 0.25) is 10.8 Å². The molecule has 2 aliphatic rings. The molecule has 0 aliphatic carbocycles. The molecule has 45 heavy (non-hydrogen) atoms. The number of rotatable bonds is 7. The molecule has 0 N–H and O–H groups in total. The Morgan fingerprint density at radius 2 is 1.36 bits per heavy atom. The van der Waals surface area contributed by atoms with Gasteiger partial charge in [-0.2, -0.15) is 10.2 Å². The lowest BCUT2D eigenvalue weighted by atomic mass is 9.92. The summed E-state index contributed by atoms with van der Waals surface area (Å²) in [5.41, 5.74) is 6.59. The highest BCUT2D eigenvalue weighted by atomic mass is 32.2. The Hall–Kier alpha value is -5.54. The van der Waals surface area contributed by atoms with Crippen LogP contribution in [0.2, 0.25) is 0 Å². The van der Waals surface area contributed by atoms with E-state index in [1.54, 1.807) is 29.3 Å². The number of hydrogen-bond donors (Lipinski definition) is 0. The molecule has 0 aromatic heterocycles. The summed E-state index contributed by atoms with van der Waals surface area (Å²) in [5, 5.41) is 25.8. The molecule has 0 saturated heterocycles. The lowest BCUT2D eigenvalue weighted by Crippen LogP contribution is -2.54. The van der Waals surface area contributed by atoms with E-state index >= 15 is 0 Å². The number of ketones is 1. The topological polar surface area (TPSA) is 91.4 Å². The van der Waals surface area contributed by atoms with E-state index in [4.69, 9.17) is 10.2 Å². The number of nitro benzene ring substituents is 1. The maximum atomic E-state index is 14.0. The van der Waals surface area contributed by atoms with Crippen LogP contribution in [0.3, 0.4) is 0 Å². The standard InChI is InChI=1S/C36H27N5O3S/c1-2-25-17-19-26(20-18-25)33-31-15-9-10-16-32(31)36(39(37-33)28-13-7-4-8-14-28)40(29-21-23-30(24-22-29)41(43)44)38-35(45-36)34(42)27-11-5-3-6-12-27/h3-24H,2H2,1H3. The highest BCUT2D eigenvalue weighted by molar-refractivity contribution is 8.17. The molecule has 2 heterocycles. The normalized spacial score (nSPS) is 17.1. The van der Waals surface area contributed by atoms with Crippen molar-refractivity contribution < 1.29 is 9.72 Å². The number of hydrazone groups is 2. The van der Waals surface area contributed by atoms with Crippen molar-refractivity contribution in [3.05, 3.63) is 171 Å². The summed E-state index contributed by atoms with van der Waals surface area (Å²) in [6, 6.07) is 41.5. The summed E-state index contributed by atoms with van der Waals surface area (Å²) < 4.78 is 0. The van der Waals surface area contributed by atoms with Crippen LogP contribution in [0.5, 0.6) is 0 Å². The lowest BCUT2D eigenvalue weighted by molar-refractivity contribution is -0.384. The quantitative estimate of drug-likeness (QED) is 0.106. The first-order valence-electron chi connectivity index (χ1n) is 14.5. The summed E-state index contributed by atoms with van der Waals surface area (Å²) in [6.45, 7) is 2.13. The Morgan fingerprint density at radius 3 is 2.02 bits per heavy atom. The van der Waals surface area contributed by atoms with Crippen LogP contribution in [0.15, 0.2) is 144 Å². The Kier molecular flexibility index (Phi) is 7.23. The van der Waals surface area contributed by atoms with Gasteiger partial charge in [0.25, 0.3) is 5.69 Å². The number of anilines is 2. The van der Waals surface area contributed by atoms with Gasteiger partial charge in [-0.05, 0) is 48.0 Å². The molecule has 5 aromatic rings. The van der Waals surface area contributed by atoms with Crippen molar-refractivity contribution >= 4 is 45.4 Å². The number of non-ortho nitro benzene ring substituents is 1. The minimum atomic E-state index is -1.18. The first-order valence-corrected chi connectivity index (χ1v) is 15.4. The fourth-order valence-corrected chi connectivity index (χ4v) is 6.99. The summed E-state index contributed by atoms with van der Waals surface area (Å²) in [7, 11) is 0. The largest absolute Gasteiger partial charge is 0.286 e. The van der Waals surface area contributed by atoms with Crippen molar-refractivity contribution in [2.24, 2.45) is 10.2 Å². The van der Waals surface area contributed by atoms with Crippen molar-refractivity contribution in [1.29, 1.82) is 0 Å². The van der Waals surface area contributed by atoms with Crippen LogP contribution in [-0.2, 0) is 11.4 Å². The van der Waals surface area contributed by atoms with Crippen molar-refractivity contribution in [2.45, 2.75) is 18.3 Å². The van der Waals surface area contributed by atoms with Crippen molar-refractivity contribution in [3.63, 3.8) is 0 Å². The number of nitrogens with zero attached hydrogens (tertiary/aromatic N) is 5. The minimum absolute atomic E-state index is 0.0380. The van der Waals surface area contributed by atoms with Crippen LogP contribution in [0, 0.1) is 10.1 Å². The average Bonchev–Trinajstić information content (AvgIpc) is 3.50. The van der Waals surface area contributed by atoms with Crippen LogP contribution in [0.1, 0.15) is 39.5 Å². The van der Waals surface area contributed by atoms with E-state index in [9.17, 15) is 14.9 Å². The summed E-state index contributed by atoms with van der Waals surface area (Å²) in [6.07, 6.45) is 0.930. The first kappa shape index (κ1) is 28.2. The number of benzene rings is 5. The SMILES string of the molecule is CCc1ccc(C2=NN(c3ccccc3)C3(SC(C(=O)c4ccccc4)=NN3c3ccc([N+](=O)[O-])cc3)c3ccccc32)cc1. The Morgan fingerprint density at radius 1 is 0.756 bits per heavy atom. The Balaban J connectivity index is 1.48. The predicted octanol–water partition coefficient (Wildman–Crippen LogP) is 7.99. The maximum Gasteiger partial charge on any atom is 0.269 e. The van der Waals surface area contributed by atoms with Gasteiger partial charge in [-0.15, -0.1) is 0 Å². The number of thioether (sulfide) groups is 1. The zero-order valence-corrected chi connectivity index (χ0v) is 25.1. The first-order chi connectivity index (χ1) is 22.0. The summed E-state index contributed by atoms with van der Waals surface area (Å²) in [5.74, 6) is -0.222. The lowest BCUT2D eigenvalue weighted by Gasteiger charge is -2.47. The van der Waals surface area contributed by atoms with Gasteiger partial charge in [-0.3, -0.25) is 14.9 Å². The number of para-hydroxylation sites is 1. The number of nitro groups is 1. The zero-order valence-electron chi connectivity index (χ0n) is 24.3. The third-order valence-corrected chi connectivity index (χ3v) is 9.22. The van der Waals surface area contributed by atoms with Crippen LogP contribution in [0.25, 0.3) is 0 Å². The molecule has 0 fully saturated rings. The predicted molar refractivity (Wildman–Crippen MR) is 180 cm³/mol. The molecule has 2 aliphatic heterocycles. The van der Waals surface area contributed by atoms with E-state index in [0.29, 0.717) is 11.3 Å². The van der Waals surface area contributed by atoms with Crippen LogP contribution in [0.4, 0.5) is 17.1 Å². The van der Waals surface area contributed by atoms with Gasteiger partial charge in [0.15, 0.2) is 5.04 Å². The Bertz CT molecular complexity index is 1960. The van der Waals surface area contributed by atoms with Crippen molar-refractivity contribution in [3.8, 4) is 0 Å². The number of carbonyl (C=O) groups excluding carboxylic acids is 1. The molecule has 1 spiro atoms. The number of carbonyl (C=O) groups is 1. The molecule has 5 aromatic carbocycles. The second-order valence-corrected chi connectivity index (χ2v) is 11.7. The second-order valence-electron chi connectivity index (χ2n) is 10.6. The molecule has 220 valence electrons. The summed E-state index contributed by atoms with van der Waals surface area (Å²) in [4.78, 5) is 23.9. The van der Waals surface area contributed by atoms with Gasteiger partial charge in [-0.25, -0.2) is 10.0 Å². The highest BCUT2D eigenvalue weighted by Crippen LogP contribution is 2.55. The third-order valence-electron chi connectivity index (χ3n) is 7.91. The maximum absolute atomic E-state index is 14.0. The molecule has 1 atom stereocenters. The molecule has 1 unspecified atom stereocenters. The monoisotopic (exact) mass is 609 g/mol. The van der Waals surface area contributed by atoms with E-state index in [1.807, 2.05) is 77.8 Å². The molecular formula is C36H27N5O3S. The van der Waals surface area contributed by atoms with E-state index in [-0.39, 0.29) is 16.5 Å². The number of fused-ring (bicyclic) bond motifs is 2. The van der Waals surface area contributed by atoms with Crippen molar-refractivity contribution in [2.75, 3.05) is 10.0 Å². The van der Waals surface area contributed by atoms with Crippen molar-refractivity contribution in [1.82, 2.24) is 0 Å². The molecule has 7 rings (SSSR count). The molecule has 8 nitrogen and oxygen atoms in total. The van der Waals surface area contributed by atoms with Gasteiger partial charge in [0, 0.05) is 34.4 Å². The van der Waals surface area contributed by atoms with E-state index in [0.717, 1.165) is 34.5 Å². The smallest absolute Gasteiger partial charge is 0.269 e. The molecule has 0 amide bonds. The van der Waals surface area contributed by atoms with E-state index in [2.05, 4.69) is 31.2 Å². The minimum Gasteiger partial charge on any atom is -0.286 e. The van der Waals surface area contributed by atoms with Gasteiger partial charge in [0.1, 0.15) is 0 Å². The molecule has 0 radical (unpaired) electrons. The molecule has 0 bridgehead atoms. The van der Waals surface area contributed by atoms with Gasteiger partial charge < -0.3 is 0 Å². The van der Waals surface area contributed by atoms with Crippen LogP contribution >= 0.6 is 11.8 Å². The van der Waals surface area contributed by atoms with Gasteiger partial charge >= 0.3 is 0 Å². The Labute approximate surface area is 264 Å². The molecule has 0 saturated carbocycles. The highest BCUT2D eigenvalue weighted by Gasteiger charge is 2.56. The second kappa shape index (κ2) is 11.5. The van der Waals surface area contributed by atoms with E-state index in [1.165, 1.54) is 29.5 Å². The van der Waals surface area contributed by atoms with E-state index < -0.39 is 9.92 Å². The fourth-order valence-electron chi connectivity index (χ4n) is 5.63. The van der Waals surface area contributed by atoms with Crippen LogP contribution in [-0.4, -0.2) is 21.5 Å². The fraction of sp³-hybridized carbons (Fsp3) is 0.0833. The average molecular weight is 610 g/mol. The van der Waals surface area contributed by atoms with Crippen LogP contribution < -0.4 is 10.0 Å². The number of aryl methyl sites for hydroxylation is 1. The number of hydrogen-bond acceptors (Lipinski definition) is 8. The van der Waals surface area contributed by atoms with Gasteiger partial charge in [-0.1, -0.05) is 104 Å². The molecule has 9 heteroatoms. The zero-order chi connectivity index (χ0) is 31.0. The third kappa shape index (κ3) is 4.87. The summed E-state index contributed by atoms with van der Waals surface area (Å²) >= 11 is 1.31. The molecular weight excluding hydrogens is 582 g/mol. The van der Waals surface area contributed by atoms with Gasteiger partial charge in [0.05, 0.1) is 22.0 Å².